The highest BCUT2D eigenvalue weighted by atomic mass is 16.3. The average Bonchev–Trinajstić information content (AvgIpc) is 2.95. The summed E-state index contributed by atoms with van der Waals surface area (Å²) in [6.45, 7) is 5.68. The number of hydrogen-bond acceptors (Lipinski definition) is 6. The van der Waals surface area contributed by atoms with Crippen LogP contribution in [-0.2, 0) is 9.59 Å². The van der Waals surface area contributed by atoms with Gasteiger partial charge in [0.15, 0.2) is 0 Å². The molecule has 2 saturated heterocycles. The first kappa shape index (κ1) is 30.1. The standard InChI is InChI=1S/C34H46N4O4/c39-31(15-21-37-17-7-3-1-4-8-18-37)35-25-11-13-27-29(23-25)33(41)28-14-12-26(24-30(28)34(27)42)36-32(40)16-22-38-19-9-5-2-6-10-20-38/h11-14,23-24,41-42H,1-10,15-22H2,(H,35,39)(H,36,40). The maximum atomic E-state index is 12.7. The van der Waals surface area contributed by atoms with Crippen molar-refractivity contribution in [2.75, 3.05) is 49.9 Å². The minimum Gasteiger partial charge on any atom is -0.507 e. The number of anilines is 2. The number of aromatic hydroxyl groups is 2. The largest absolute Gasteiger partial charge is 0.507 e. The Morgan fingerprint density at radius 1 is 0.548 bits per heavy atom. The number of hydrogen-bond donors (Lipinski definition) is 4. The number of carbonyl (C=O) groups excluding carboxylic acids is 2. The van der Waals surface area contributed by atoms with Gasteiger partial charge in [0.25, 0.3) is 0 Å². The van der Waals surface area contributed by atoms with Crippen LogP contribution in [0.15, 0.2) is 36.4 Å². The summed E-state index contributed by atoms with van der Waals surface area (Å²) < 4.78 is 0. The molecular weight excluding hydrogens is 528 g/mol. The number of amides is 2. The van der Waals surface area contributed by atoms with Crippen molar-refractivity contribution in [2.24, 2.45) is 0 Å². The summed E-state index contributed by atoms with van der Waals surface area (Å²) in [4.78, 5) is 30.2. The molecule has 42 heavy (non-hydrogen) atoms. The van der Waals surface area contributed by atoms with Crippen LogP contribution in [0, 0.1) is 0 Å². The van der Waals surface area contributed by atoms with Crippen LogP contribution >= 0.6 is 0 Å². The fraction of sp³-hybridized carbons (Fsp3) is 0.529. The predicted molar refractivity (Wildman–Crippen MR) is 170 cm³/mol. The lowest BCUT2D eigenvalue weighted by molar-refractivity contribution is -0.117. The fourth-order valence-electron chi connectivity index (χ4n) is 6.38. The summed E-state index contributed by atoms with van der Waals surface area (Å²) >= 11 is 0. The lowest BCUT2D eigenvalue weighted by Gasteiger charge is -2.24. The molecule has 8 heteroatoms. The summed E-state index contributed by atoms with van der Waals surface area (Å²) in [6.07, 6.45) is 13.3. The van der Waals surface area contributed by atoms with Crippen molar-refractivity contribution in [2.45, 2.75) is 77.0 Å². The third-order valence-electron chi connectivity index (χ3n) is 8.83. The lowest BCUT2D eigenvalue weighted by atomic mass is 9.99. The lowest BCUT2D eigenvalue weighted by Crippen LogP contribution is -2.30. The van der Waals surface area contributed by atoms with E-state index >= 15 is 0 Å². The molecule has 5 rings (SSSR count). The Bertz CT molecular complexity index is 1270. The Labute approximate surface area is 249 Å². The van der Waals surface area contributed by atoms with Gasteiger partial charge in [-0.3, -0.25) is 9.59 Å². The van der Waals surface area contributed by atoms with E-state index in [0.29, 0.717) is 45.8 Å². The van der Waals surface area contributed by atoms with E-state index in [9.17, 15) is 19.8 Å². The minimum absolute atomic E-state index is 0.0319. The first-order chi connectivity index (χ1) is 20.5. The third kappa shape index (κ3) is 7.92. The monoisotopic (exact) mass is 574 g/mol. The Kier molecular flexibility index (Phi) is 10.5. The number of likely N-dealkylation sites (tertiary alicyclic amines) is 2. The maximum Gasteiger partial charge on any atom is 0.225 e. The topological polar surface area (TPSA) is 105 Å². The van der Waals surface area contributed by atoms with E-state index in [1.165, 1.54) is 64.2 Å². The number of fused-ring (bicyclic) bond motifs is 2. The maximum absolute atomic E-state index is 12.7. The molecule has 2 aliphatic rings. The van der Waals surface area contributed by atoms with Crippen LogP contribution in [-0.4, -0.2) is 71.1 Å². The number of phenolic OH excluding ortho intramolecular Hbond substituents is 2. The summed E-state index contributed by atoms with van der Waals surface area (Å²) in [5.41, 5.74) is 1.16. The summed E-state index contributed by atoms with van der Waals surface area (Å²) in [7, 11) is 0. The molecule has 0 radical (unpaired) electrons. The molecule has 226 valence electrons. The van der Waals surface area contributed by atoms with Gasteiger partial charge in [0.2, 0.25) is 11.8 Å². The zero-order valence-corrected chi connectivity index (χ0v) is 24.8. The quantitative estimate of drug-likeness (QED) is 0.179. The number of nitrogens with one attached hydrogen (secondary N) is 2. The Hall–Kier alpha value is -3.36. The van der Waals surface area contributed by atoms with E-state index in [4.69, 9.17) is 0 Å². The van der Waals surface area contributed by atoms with Crippen LogP contribution in [0.2, 0.25) is 0 Å². The molecule has 0 atom stereocenters. The predicted octanol–water partition coefficient (Wildman–Crippen LogP) is 6.59. The highest BCUT2D eigenvalue weighted by Gasteiger charge is 2.17. The van der Waals surface area contributed by atoms with Crippen molar-refractivity contribution in [1.29, 1.82) is 0 Å². The number of phenols is 2. The SMILES string of the molecule is O=C(CCN1CCCCCCC1)Nc1ccc2c(O)c3cc(NC(=O)CCN4CCCCCCC4)ccc3c(O)c2c1. The van der Waals surface area contributed by atoms with E-state index in [2.05, 4.69) is 20.4 Å². The van der Waals surface area contributed by atoms with Crippen LogP contribution in [0.1, 0.15) is 77.0 Å². The van der Waals surface area contributed by atoms with Gasteiger partial charge in [-0.15, -0.1) is 0 Å². The second-order valence-electron chi connectivity index (χ2n) is 12.0. The third-order valence-corrected chi connectivity index (χ3v) is 8.83. The van der Waals surface area contributed by atoms with Gasteiger partial charge >= 0.3 is 0 Å². The van der Waals surface area contributed by atoms with E-state index in [1.54, 1.807) is 36.4 Å². The van der Waals surface area contributed by atoms with Gasteiger partial charge in [-0.1, -0.05) is 38.5 Å². The average molecular weight is 575 g/mol. The van der Waals surface area contributed by atoms with E-state index in [-0.39, 0.29) is 23.3 Å². The van der Waals surface area contributed by atoms with Gasteiger partial charge in [-0.25, -0.2) is 0 Å². The Morgan fingerprint density at radius 2 is 0.905 bits per heavy atom. The number of nitrogens with zero attached hydrogens (tertiary/aromatic N) is 2. The second kappa shape index (κ2) is 14.7. The second-order valence-corrected chi connectivity index (χ2v) is 12.0. The Balaban J connectivity index is 1.23. The molecule has 0 aliphatic carbocycles. The van der Waals surface area contributed by atoms with Gasteiger partial charge in [-0.05, 0) is 88.3 Å². The normalized spacial score (nSPS) is 17.7. The van der Waals surface area contributed by atoms with Gasteiger partial charge in [0.05, 0.1) is 0 Å². The Morgan fingerprint density at radius 3 is 1.29 bits per heavy atom. The van der Waals surface area contributed by atoms with Gasteiger partial charge in [0.1, 0.15) is 11.5 Å². The molecule has 2 fully saturated rings. The zero-order chi connectivity index (χ0) is 29.3. The minimum atomic E-state index is -0.0624. The first-order valence-corrected chi connectivity index (χ1v) is 15.9. The molecule has 0 saturated carbocycles. The van der Waals surface area contributed by atoms with Crippen LogP contribution in [0.5, 0.6) is 11.5 Å². The first-order valence-electron chi connectivity index (χ1n) is 15.9. The molecule has 2 heterocycles. The number of carbonyl (C=O) groups is 2. The van der Waals surface area contributed by atoms with Gasteiger partial charge in [-0.2, -0.15) is 0 Å². The summed E-state index contributed by atoms with van der Waals surface area (Å²) in [5.74, 6) is -0.0609. The van der Waals surface area contributed by atoms with Crippen molar-refractivity contribution >= 4 is 44.7 Å². The summed E-state index contributed by atoms with van der Waals surface area (Å²) in [5, 5.41) is 30.1. The highest BCUT2D eigenvalue weighted by molar-refractivity contribution is 6.12. The molecule has 3 aromatic carbocycles. The summed E-state index contributed by atoms with van der Waals surface area (Å²) in [6, 6.07) is 10.3. The highest BCUT2D eigenvalue weighted by Crippen LogP contribution is 2.43. The number of benzene rings is 3. The van der Waals surface area contributed by atoms with Crippen LogP contribution < -0.4 is 10.6 Å². The molecule has 0 aromatic heterocycles. The van der Waals surface area contributed by atoms with Crippen molar-refractivity contribution in [3.8, 4) is 11.5 Å². The van der Waals surface area contributed by atoms with Crippen molar-refractivity contribution in [1.82, 2.24) is 9.80 Å². The van der Waals surface area contributed by atoms with E-state index < -0.39 is 0 Å². The molecule has 3 aromatic rings. The smallest absolute Gasteiger partial charge is 0.225 e. The van der Waals surface area contributed by atoms with Crippen molar-refractivity contribution < 1.29 is 19.8 Å². The van der Waals surface area contributed by atoms with Gasteiger partial charge < -0.3 is 30.6 Å². The van der Waals surface area contributed by atoms with Crippen molar-refractivity contribution in [3.63, 3.8) is 0 Å². The molecule has 0 unspecified atom stereocenters. The molecule has 0 bridgehead atoms. The molecule has 2 aliphatic heterocycles. The molecular formula is C34H46N4O4. The van der Waals surface area contributed by atoms with Crippen LogP contribution in [0.4, 0.5) is 11.4 Å². The van der Waals surface area contributed by atoms with Crippen molar-refractivity contribution in [3.05, 3.63) is 36.4 Å². The zero-order valence-electron chi connectivity index (χ0n) is 24.8. The van der Waals surface area contributed by atoms with E-state index in [1.807, 2.05) is 0 Å². The molecule has 0 spiro atoms. The van der Waals surface area contributed by atoms with E-state index in [0.717, 1.165) is 39.3 Å². The molecule has 8 nitrogen and oxygen atoms in total. The molecule has 2 amide bonds. The van der Waals surface area contributed by atoms with Gasteiger partial charge in [0, 0.05) is 58.9 Å². The number of rotatable bonds is 8. The van der Waals surface area contributed by atoms with Crippen LogP contribution in [0.3, 0.4) is 0 Å². The fourth-order valence-corrected chi connectivity index (χ4v) is 6.38. The molecule has 4 N–H and O–H groups in total. The van der Waals surface area contributed by atoms with Crippen LogP contribution in [0.25, 0.3) is 21.5 Å².